The van der Waals surface area contributed by atoms with Gasteiger partial charge in [0.2, 0.25) is 18.0 Å². The SMILES string of the molecule is CC(C)(C)C(=O)OCOc1cc(-c2oc3cc(Oc4ccccc4)cc(O)c3c(=O)c2Oc2ccccc2)ccc1Oc1ccccc1. The normalized spacial score (nSPS) is 11.1. The number of phenols is 1. The summed E-state index contributed by atoms with van der Waals surface area (Å²) in [7, 11) is 0. The fourth-order valence-corrected chi connectivity index (χ4v) is 4.66. The van der Waals surface area contributed by atoms with Gasteiger partial charge in [0.05, 0.1) is 5.41 Å². The van der Waals surface area contributed by atoms with Crippen LogP contribution in [0.1, 0.15) is 20.8 Å². The van der Waals surface area contributed by atoms with Gasteiger partial charge in [-0.3, -0.25) is 9.59 Å². The van der Waals surface area contributed by atoms with Crippen molar-refractivity contribution in [3.05, 3.63) is 132 Å². The van der Waals surface area contributed by atoms with Gasteiger partial charge in [-0.1, -0.05) is 54.6 Å². The Morgan fingerprint density at radius 3 is 1.88 bits per heavy atom. The molecule has 0 saturated carbocycles. The maximum absolute atomic E-state index is 14.1. The van der Waals surface area contributed by atoms with E-state index in [0.29, 0.717) is 28.6 Å². The van der Waals surface area contributed by atoms with Crippen LogP contribution in [0.4, 0.5) is 0 Å². The summed E-state index contributed by atoms with van der Waals surface area (Å²) in [6.07, 6.45) is 0. The summed E-state index contributed by atoms with van der Waals surface area (Å²) in [5.41, 5.74) is -0.898. The molecule has 5 aromatic carbocycles. The Balaban J connectivity index is 1.47. The number of rotatable bonds is 10. The van der Waals surface area contributed by atoms with E-state index in [0.717, 1.165) is 0 Å². The Bertz CT molecular complexity index is 2100. The van der Waals surface area contributed by atoms with E-state index in [4.69, 9.17) is 28.1 Å². The number of para-hydroxylation sites is 3. The van der Waals surface area contributed by atoms with E-state index in [1.54, 1.807) is 87.5 Å². The molecule has 48 heavy (non-hydrogen) atoms. The fraction of sp³-hybridized carbons (Fsp3) is 0.128. The van der Waals surface area contributed by atoms with Crippen molar-refractivity contribution in [3.8, 4) is 57.3 Å². The van der Waals surface area contributed by atoms with E-state index in [-0.39, 0.29) is 39.7 Å². The topological polar surface area (TPSA) is 114 Å². The van der Waals surface area contributed by atoms with Crippen LogP contribution in [0.5, 0.6) is 46.0 Å². The molecule has 9 nitrogen and oxygen atoms in total. The zero-order chi connectivity index (χ0) is 33.7. The lowest BCUT2D eigenvalue weighted by atomic mass is 9.98. The summed E-state index contributed by atoms with van der Waals surface area (Å²) < 4.78 is 35.8. The summed E-state index contributed by atoms with van der Waals surface area (Å²) in [6.45, 7) is 4.83. The van der Waals surface area contributed by atoms with E-state index in [1.165, 1.54) is 12.1 Å². The molecule has 0 aliphatic carbocycles. The van der Waals surface area contributed by atoms with Crippen molar-refractivity contribution in [2.45, 2.75) is 20.8 Å². The van der Waals surface area contributed by atoms with Crippen LogP contribution in [0.25, 0.3) is 22.3 Å². The monoisotopic (exact) mass is 644 g/mol. The molecular weight excluding hydrogens is 612 g/mol. The molecule has 0 saturated heterocycles. The first-order chi connectivity index (χ1) is 23.2. The summed E-state index contributed by atoms with van der Waals surface area (Å²) in [5, 5.41) is 10.9. The first-order valence-electron chi connectivity index (χ1n) is 15.1. The molecule has 0 aliphatic rings. The van der Waals surface area contributed by atoms with Crippen molar-refractivity contribution >= 4 is 16.9 Å². The number of phenolic OH excluding ortho intramolecular Hbond substituents is 1. The highest BCUT2D eigenvalue weighted by molar-refractivity contribution is 5.88. The third-order valence-electron chi connectivity index (χ3n) is 7.04. The molecule has 0 bridgehead atoms. The van der Waals surface area contributed by atoms with Crippen LogP contribution in [0.15, 0.2) is 131 Å². The van der Waals surface area contributed by atoms with Gasteiger partial charge < -0.3 is 33.2 Å². The van der Waals surface area contributed by atoms with Gasteiger partial charge in [-0.2, -0.15) is 0 Å². The van der Waals surface area contributed by atoms with Crippen molar-refractivity contribution in [1.29, 1.82) is 0 Å². The number of benzene rings is 5. The minimum atomic E-state index is -0.735. The van der Waals surface area contributed by atoms with Crippen LogP contribution >= 0.6 is 0 Å². The average molecular weight is 645 g/mol. The quantitative estimate of drug-likeness (QED) is 0.115. The Morgan fingerprint density at radius 2 is 1.27 bits per heavy atom. The highest BCUT2D eigenvalue weighted by Crippen LogP contribution is 2.42. The van der Waals surface area contributed by atoms with Crippen molar-refractivity contribution in [2.24, 2.45) is 5.41 Å². The molecule has 6 aromatic rings. The number of fused-ring (bicyclic) bond motifs is 1. The maximum Gasteiger partial charge on any atom is 0.314 e. The molecule has 0 radical (unpaired) electrons. The van der Waals surface area contributed by atoms with Gasteiger partial charge >= 0.3 is 5.97 Å². The number of carbonyl (C=O) groups is 1. The van der Waals surface area contributed by atoms with Crippen LogP contribution in [0.3, 0.4) is 0 Å². The minimum absolute atomic E-state index is 0.0513. The second-order valence-electron chi connectivity index (χ2n) is 11.8. The lowest BCUT2D eigenvalue weighted by Crippen LogP contribution is -2.24. The molecule has 1 heterocycles. The molecule has 0 aliphatic heterocycles. The van der Waals surface area contributed by atoms with Gasteiger partial charge in [-0.05, 0) is 75.4 Å². The summed E-state index contributed by atoms with van der Waals surface area (Å²) >= 11 is 0. The number of hydrogen-bond donors (Lipinski definition) is 1. The second kappa shape index (κ2) is 13.6. The van der Waals surface area contributed by atoms with E-state index < -0.39 is 23.6 Å². The number of aromatic hydroxyl groups is 1. The lowest BCUT2D eigenvalue weighted by molar-refractivity contribution is -0.159. The van der Waals surface area contributed by atoms with Crippen LogP contribution < -0.4 is 24.4 Å². The predicted molar refractivity (Wildman–Crippen MR) is 180 cm³/mol. The van der Waals surface area contributed by atoms with Gasteiger partial charge in [0.1, 0.15) is 39.7 Å². The molecule has 1 N–H and O–H groups in total. The number of esters is 1. The number of ether oxygens (including phenoxy) is 5. The minimum Gasteiger partial charge on any atom is -0.507 e. The first-order valence-corrected chi connectivity index (χ1v) is 15.1. The Morgan fingerprint density at radius 1 is 0.688 bits per heavy atom. The molecule has 1 aromatic heterocycles. The highest BCUT2D eigenvalue weighted by atomic mass is 16.7. The van der Waals surface area contributed by atoms with Gasteiger partial charge in [0.15, 0.2) is 17.3 Å². The largest absolute Gasteiger partial charge is 0.507 e. The maximum atomic E-state index is 14.1. The molecule has 0 amide bonds. The van der Waals surface area contributed by atoms with Crippen molar-refractivity contribution < 1.29 is 38.0 Å². The van der Waals surface area contributed by atoms with Crippen LogP contribution in [-0.2, 0) is 9.53 Å². The van der Waals surface area contributed by atoms with E-state index in [9.17, 15) is 14.7 Å². The number of hydrogen-bond acceptors (Lipinski definition) is 9. The fourth-order valence-electron chi connectivity index (χ4n) is 4.66. The molecule has 0 fully saturated rings. The zero-order valence-corrected chi connectivity index (χ0v) is 26.5. The lowest BCUT2D eigenvalue weighted by Gasteiger charge is -2.18. The van der Waals surface area contributed by atoms with Crippen LogP contribution in [-0.4, -0.2) is 17.9 Å². The summed E-state index contributed by atoms with van der Waals surface area (Å²) in [5.74, 6) is 1.34. The summed E-state index contributed by atoms with van der Waals surface area (Å²) in [4.78, 5) is 26.5. The van der Waals surface area contributed by atoms with Gasteiger partial charge in [0.25, 0.3) is 0 Å². The molecule has 9 heteroatoms. The van der Waals surface area contributed by atoms with Gasteiger partial charge in [-0.15, -0.1) is 0 Å². The van der Waals surface area contributed by atoms with Crippen LogP contribution in [0, 0.1) is 5.41 Å². The Hall–Kier alpha value is -6.22. The molecule has 0 atom stereocenters. The molecule has 6 rings (SSSR count). The van der Waals surface area contributed by atoms with Gasteiger partial charge in [-0.25, -0.2) is 0 Å². The third-order valence-corrected chi connectivity index (χ3v) is 7.04. The zero-order valence-electron chi connectivity index (χ0n) is 26.5. The standard InChI is InChI=1S/C39H32O9/c1-39(2,3)38(42)44-24-43-32-21-25(19-20-31(32)46-27-15-9-5-10-16-27)36-37(47-28-17-11-6-12-18-28)35(41)34-30(40)22-29(23-33(34)48-36)45-26-13-7-4-8-14-26/h4-23,40H,24H2,1-3H3. The van der Waals surface area contributed by atoms with Crippen molar-refractivity contribution in [2.75, 3.05) is 6.79 Å². The number of carbonyl (C=O) groups excluding carboxylic acids is 1. The van der Waals surface area contributed by atoms with E-state index in [2.05, 4.69) is 0 Å². The smallest absolute Gasteiger partial charge is 0.314 e. The Labute approximate surface area is 276 Å². The molecule has 242 valence electrons. The van der Waals surface area contributed by atoms with Crippen molar-refractivity contribution in [1.82, 2.24) is 0 Å². The third kappa shape index (κ3) is 7.26. The molecular formula is C39H32O9. The molecule has 0 unspecified atom stereocenters. The first kappa shape index (κ1) is 31.7. The average Bonchev–Trinajstić information content (AvgIpc) is 3.07. The van der Waals surface area contributed by atoms with Gasteiger partial charge in [0, 0.05) is 17.7 Å². The van der Waals surface area contributed by atoms with Crippen LogP contribution in [0.2, 0.25) is 0 Å². The van der Waals surface area contributed by atoms with E-state index >= 15 is 0 Å². The molecule has 0 spiro atoms. The van der Waals surface area contributed by atoms with E-state index in [1.807, 2.05) is 42.5 Å². The highest BCUT2D eigenvalue weighted by Gasteiger charge is 2.25. The summed E-state index contributed by atoms with van der Waals surface area (Å²) in [6, 6.07) is 34.6. The Kier molecular flexibility index (Phi) is 9.02. The van der Waals surface area contributed by atoms with Crippen molar-refractivity contribution in [3.63, 3.8) is 0 Å². The second-order valence-corrected chi connectivity index (χ2v) is 11.8. The predicted octanol–water partition coefficient (Wildman–Crippen LogP) is 9.47.